The zero-order chi connectivity index (χ0) is 14.7. The van der Waals surface area contributed by atoms with Crippen LogP contribution < -0.4 is 11.5 Å². The molecule has 0 saturated heterocycles. The van der Waals surface area contributed by atoms with Crippen molar-refractivity contribution in [2.45, 2.75) is 10.6 Å². The van der Waals surface area contributed by atoms with E-state index >= 15 is 0 Å². The second-order valence-corrected chi connectivity index (χ2v) is 6.09. The number of primary amides is 1. The third kappa shape index (κ3) is 3.37. The second kappa shape index (κ2) is 6.07. The molecule has 104 valence electrons. The maximum Gasteiger partial charge on any atom is 0.248 e. The molecule has 0 aliphatic carbocycles. The van der Waals surface area contributed by atoms with E-state index in [0.717, 1.165) is 0 Å². The standard InChI is InChI=1S/C14H13ClN2O2S/c15-13-7-9(14(17)18)1-2-10(13)8-20(19)12-5-3-11(16)4-6-12/h1-7H,8,16H2,(H2,17,18). The number of rotatable bonds is 4. The van der Waals surface area contributed by atoms with Gasteiger partial charge in [-0.25, -0.2) is 0 Å². The Hall–Kier alpha value is -1.85. The smallest absolute Gasteiger partial charge is 0.248 e. The summed E-state index contributed by atoms with van der Waals surface area (Å²) in [5.41, 5.74) is 12.4. The van der Waals surface area contributed by atoms with Crippen molar-refractivity contribution in [2.24, 2.45) is 5.73 Å². The van der Waals surface area contributed by atoms with E-state index in [1.807, 2.05) is 0 Å². The molecule has 2 aromatic rings. The van der Waals surface area contributed by atoms with Gasteiger partial charge in [-0.05, 0) is 42.0 Å². The number of amides is 1. The maximum atomic E-state index is 12.2. The molecular formula is C14H13ClN2O2S. The number of nitrogens with two attached hydrogens (primary N) is 2. The van der Waals surface area contributed by atoms with Crippen LogP contribution in [0.2, 0.25) is 5.02 Å². The maximum absolute atomic E-state index is 12.2. The van der Waals surface area contributed by atoms with E-state index in [4.69, 9.17) is 23.1 Å². The Morgan fingerprint density at radius 2 is 1.80 bits per heavy atom. The van der Waals surface area contributed by atoms with Gasteiger partial charge in [0.2, 0.25) is 5.91 Å². The summed E-state index contributed by atoms with van der Waals surface area (Å²) in [6, 6.07) is 11.6. The Labute approximate surface area is 124 Å². The van der Waals surface area contributed by atoms with E-state index in [-0.39, 0.29) is 5.75 Å². The van der Waals surface area contributed by atoms with E-state index in [0.29, 0.717) is 26.7 Å². The molecule has 2 rings (SSSR count). The van der Waals surface area contributed by atoms with Crippen LogP contribution in [0.3, 0.4) is 0 Å². The van der Waals surface area contributed by atoms with Crippen molar-refractivity contribution in [2.75, 3.05) is 5.73 Å². The highest BCUT2D eigenvalue weighted by atomic mass is 35.5. The molecule has 0 fully saturated rings. The Balaban J connectivity index is 2.19. The molecule has 4 N–H and O–H groups in total. The molecule has 0 radical (unpaired) electrons. The largest absolute Gasteiger partial charge is 0.399 e. The summed E-state index contributed by atoms with van der Waals surface area (Å²) >= 11 is 6.07. The van der Waals surface area contributed by atoms with Gasteiger partial charge < -0.3 is 11.5 Å². The normalized spacial score (nSPS) is 12.1. The second-order valence-electron chi connectivity index (χ2n) is 4.23. The molecule has 0 spiro atoms. The van der Waals surface area contributed by atoms with Crippen molar-refractivity contribution in [3.8, 4) is 0 Å². The third-order valence-corrected chi connectivity index (χ3v) is 4.49. The molecular weight excluding hydrogens is 296 g/mol. The molecule has 1 unspecified atom stereocenters. The number of carbonyl (C=O) groups is 1. The van der Waals surface area contributed by atoms with Crippen molar-refractivity contribution in [1.82, 2.24) is 0 Å². The Bertz CT molecular complexity index is 671. The van der Waals surface area contributed by atoms with Crippen LogP contribution in [0.15, 0.2) is 47.4 Å². The molecule has 0 aromatic heterocycles. The van der Waals surface area contributed by atoms with Gasteiger partial charge in [0.1, 0.15) is 0 Å². The number of halogens is 1. The molecule has 2 aromatic carbocycles. The molecule has 0 heterocycles. The summed E-state index contributed by atoms with van der Waals surface area (Å²) in [6.45, 7) is 0. The summed E-state index contributed by atoms with van der Waals surface area (Å²) in [6.07, 6.45) is 0. The van der Waals surface area contributed by atoms with Gasteiger partial charge in [-0.2, -0.15) is 0 Å². The summed E-state index contributed by atoms with van der Waals surface area (Å²) in [4.78, 5) is 11.7. The van der Waals surface area contributed by atoms with Crippen LogP contribution in [0, 0.1) is 0 Å². The minimum absolute atomic E-state index is 0.266. The van der Waals surface area contributed by atoms with E-state index in [2.05, 4.69) is 0 Å². The number of nitrogen functional groups attached to an aromatic ring is 1. The fraction of sp³-hybridized carbons (Fsp3) is 0.0714. The van der Waals surface area contributed by atoms with E-state index in [1.54, 1.807) is 36.4 Å². The molecule has 20 heavy (non-hydrogen) atoms. The number of benzene rings is 2. The minimum atomic E-state index is -1.23. The highest BCUT2D eigenvalue weighted by molar-refractivity contribution is 7.84. The molecule has 0 bridgehead atoms. The lowest BCUT2D eigenvalue weighted by atomic mass is 10.1. The van der Waals surface area contributed by atoms with Crippen LogP contribution in [0.5, 0.6) is 0 Å². The van der Waals surface area contributed by atoms with E-state index < -0.39 is 16.7 Å². The van der Waals surface area contributed by atoms with Crippen molar-refractivity contribution < 1.29 is 9.00 Å². The van der Waals surface area contributed by atoms with Gasteiger partial charge in [0.15, 0.2) is 0 Å². The third-order valence-electron chi connectivity index (χ3n) is 2.77. The Morgan fingerprint density at radius 3 is 2.35 bits per heavy atom. The first-order valence-corrected chi connectivity index (χ1v) is 7.49. The highest BCUT2D eigenvalue weighted by Gasteiger charge is 2.10. The minimum Gasteiger partial charge on any atom is -0.399 e. The fourth-order valence-electron chi connectivity index (χ4n) is 1.66. The quantitative estimate of drug-likeness (QED) is 0.850. The number of hydrogen-bond acceptors (Lipinski definition) is 3. The van der Waals surface area contributed by atoms with Crippen molar-refractivity contribution in [3.63, 3.8) is 0 Å². The summed E-state index contributed by atoms with van der Waals surface area (Å²) in [7, 11) is -1.23. The highest BCUT2D eigenvalue weighted by Crippen LogP contribution is 2.22. The van der Waals surface area contributed by atoms with Crippen LogP contribution in [-0.2, 0) is 16.6 Å². The predicted molar refractivity (Wildman–Crippen MR) is 80.9 cm³/mol. The van der Waals surface area contributed by atoms with Crippen molar-refractivity contribution in [3.05, 3.63) is 58.6 Å². The molecule has 6 heteroatoms. The SMILES string of the molecule is NC(=O)c1ccc(CS(=O)c2ccc(N)cc2)c(Cl)c1. The number of carbonyl (C=O) groups excluding carboxylic acids is 1. The molecule has 0 aliphatic heterocycles. The lowest BCUT2D eigenvalue weighted by molar-refractivity contribution is 0.100. The molecule has 0 aliphatic rings. The van der Waals surface area contributed by atoms with Gasteiger partial charge in [-0.1, -0.05) is 17.7 Å². The monoisotopic (exact) mass is 308 g/mol. The average Bonchev–Trinajstić information content (AvgIpc) is 2.41. The van der Waals surface area contributed by atoms with Crippen LogP contribution in [0.1, 0.15) is 15.9 Å². The van der Waals surface area contributed by atoms with E-state index in [1.165, 1.54) is 6.07 Å². The average molecular weight is 309 g/mol. The van der Waals surface area contributed by atoms with Gasteiger partial charge in [0.25, 0.3) is 0 Å². The summed E-state index contributed by atoms with van der Waals surface area (Å²) in [5, 5.41) is 0.380. The predicted octanol–water partition coefficient (Wildman–Crippen LogP) is 2.33. The van der Waals surface area contributed by atoms with Crippen LogP contribution in [0.25, 0.3) is 0 Å². The van der Waals surface area contributed by atoms with Crippen molar-refractivity contribution in [1.29, 1.82) is 0 Å². The first kappa shape index (κ1) is 14.6. The summed E-state index contributed by atoms with van der Waals surface area (Å²) in [5.74, 6) is -0.278. The van der Waals surface area contributed by atoms with Gasteiger partial charge >= 0.3 is 0 Å². The van der Waals surface area contributed by atoms with Crippen molar-refractivity contribution >= 4 is 34.0 Å². The molecule has 1 amide bonds. The van der Waals surface area contributed by atoms with Gasteiger partial charge in [0.05, 0.1) is 16.6 Å². The zero-order valence-corrected chi connectivity index (χ0v) is 12.1. The Kier molecular flexibility index (Phi) is 4.42. The van der Waals surface area contributed by atoms with Gasteiger partial charge in [0, 0.05) is 21.2 Å². The fourth-order valence-corrected chi connectivity index (χ4v) is 3.13. The Morgan fingerprint density at radius 1 is 1.15 bits per heavy atom. The first-order valence-electron chi connectivity index (χ1n) is 5.79. The molecule has 4 nitrogen and oxygen atoms in total. The number of anilines is 1. The topological polar surface area (TPSA) is 86.2 Å². The summed E-state index contributed by atoms with van der Waals surface area (Å²) < 4.78 is 12.2. The lowest BCUT2D eigenvalue weighted by Crippen LogP contribution is -2.11. The van der Waals surface area contributed by atoms with Gasteiger partial charge in [-0.3, -0.25) is 9.00 Å². The zero-order valence-electron chi connectivity index (χ0n) is 10.5. The van der Waals surface area contributed by atoms with Gasteiger partial charge in [-0.15, -0.1) is 0 Å². The molecule has 1 atom stereocenters. The van der Waals surface area contributed by atoms with Crippen LogP contribution in [0.4, 0.5) is 5.69 Å². The van der Waals surface area contributed by atoms with Crippen LogP contribution in [-0.4, -0.2) is 10.1 Å². The number of hydrogen-bond donors (Lipinski definition) is 2. The van der Waals surface area contributed by atoms with Crippen LogP contribution >= 0.6 is 11.6 Å². The lowest BCUT2D eigenvalue weighted by Gasteiger charge is -2.06. The van der Waals surface area contributed by atoms with E-state index in [9.17, 15) is 9.00 Å². The molecule has 0 saturated carbocycles. The first-order chi connectivity index (χ1) is 9.47.